The molecule has 1 fully saturated rings. The molecule has 1 atom stereocenters. The summed E-state index contributed by atoms with van der Waals surface area (Å²) in [5.74, 6) is 0.249. The lowest BCUT2D eigenvalue weighted by atomic mass is 9.95. The number of carbonyl (C=O) groups excluding carboxylic acids is 2. The van der Waals surface area contributed by atoms with Crippen LogP contribution < -0.4 is 11.1 Å². The van der Waals surface area contributed by atoms with E-state index in [9.17, 15) is 9.59 Å². The van der Waals surface area contributed by atoms with Crippen LogP contribution in [0.3, 0.4) is 0 Å². The molecule has 2 amide bonds. The number of hydrogen-bond acceptors (Lipinski definition) is 4. The van der Waals surface area contributed by atoms with Gasteiger partial charge in [-0.25, -0.2) is 0 Å². The smallest absolute Gasteiger partial charge is 0.256 e. The molecular weight excluding hydrogens is 366 g/mol. The summed E-state index contributed by atoms with van der Waals surface area (Å²) in [6.07, 6.45) is 9.65. The minimum Gasteiger partial charge on any atom is -0.352 e. The topological polar surface area (TPSA) is 93.2 Å². The second-order valence-corrected chi connectivity index (χ2v) is 7.75. The standard InChI is InChI=1S/C19H33N5O2.ClH/c1-14(2)17(20)9-10-23(3)19(26)15-11-21-24(12-15)13-18(25)22-16-7-5-4-6-8-16;/h11-12,14,16-17H,4-10,13,20H2,1-3H3,(H,22,25);1H. The average Bonchev–Trinajstić information content (AvgIpc) is 3.07. The maximum absolute atomic E-state index is 12.5. The summed E-state index contributed by atoms with van der Waals surface area (Å²) in [7, 11) is 1.77. The van der Waals surface area contributed by atoms with Gasteiger partial charge < -0.3 is 16.0 Å². The van der Waals surface area contributed by atoms with Crippen molar-refractivity contribution < 1.29 is 9.59 Å². The Hall–Kier alpha value is -1.60. The van der Waals surface area contributed by atoms with Crippen LogP contribution in [0, 0.1) is 5.92 Å². The first kappa shape index (κ1) is 23.4. The van der Waals surface area contributed by atoms with E-state index >= 15 is 0 Å². The highest BCUT2D eigenvalue weighted by Gasteiger charge is 2.18. The van der Waals surface area contributed by atoms with Gasteiger partial charge in [0.25, 0.3) is 5.91 Å². The molecule has 1 aliphatic carbocycles. The number of aromatic nitrogens is 2. The van der Waals surface area contributed by atoms with Crippen LogP contribution >= 0.6 is 12.4 Å². The predicted octanol–water partition coefficient (Wildman–Crippen LogP) is 2.20. The Kier molecular flexibility index (Phi) is 9.80. The molecule has 0 saturated heterocycles. The summed E-state index contributed by atoms with van der Waals surface area (Å²) < 4.78 is 1.53. The molecule has 1 aromatic rings. The molecule has 0 spiro atoms. The van der Waals surface area contributed by atoms with Crippen LogP contribution in [0.1, 0.15) is 62.7 Å². The van der Waals surface area contributed by atoms with Gasteiger partial charge in [0, 0.05) is 31.9 Å². The number of nitrogens with one attached hydrogen (secondary N) is 1. The van der Waals surface area contributed by atoms with E-state index < -0.39 is 0 Å². The predicted molar refractivity (Wildman–Crippen MR) is 109 cm³/mol. The lowest BCUT2D eigenvalue weighted by molar-refractivity contribution is -0.122. The van der Waals surface area contributed by atoms with Crippen molar-refractivity contribution in [3.8, 4) is 0 Å². The Morgan fingerprint density at radius 3 is 2.63 bits per heavy atom. The van der Waals surface area contributed by atoms with Gasteiger partial charge in [0.1, 0.15) is 6.54 Å². The van der Waals surface area contributed by atoms with Gasteiger partial charge in [-0.3, -0.25) is 14.3 Å². The van der Waals surface area contributed by atoms with E-state index in [4.69, 9.17) is 5.73 Å². The normalized spacial score (nSPS) is 15.9. The van der Waals surface area contributed by atoms with Crippen LogP contribution in [0.15, 0.2) is 12.4 Å². The van der Waals surface area contributed by atoms with E-state index in [1.165, 1.54) is 30.1 Å². The first-order chi connectivity index (χ1) is 12.4. The first-order valence-electron chi connectivity index (χ1n) is 9.69. The van der Waals surface area contributed by atoms with Gasteiger partial charge in [-0.05, 0) is 25.2 Å². The molecule has 2 rings (SSSR count). The molecule has 7 nitrogen and oxygen atoms in total. The monoisotopic (exact) mass is 399 g/mol. The summed E-state index contributed by atoms with van der Waals surface area (Å²) >= 11 is 0. The van der Waals surface area contributed by atoms with Gasteiger partial charge in [0.05, 0.1) is 11.8 Å². The van der Waals surface area contributed by atoms with E-state index in [0.717, 1.165) is 19.3 Å². The highest BCUT2D eigenvalue weighted by Crippen LogP contribution is 2.17. The van der Waals surface area contributed by atoms with Crippen LogP contribution in [0.25, 0.3) is 0 Å². The van der Waals surface area contributed by atoms with Crippen LogP contribution in [-0.2, 0) is 11.3 Å². The van der Waals surface area contributed by atoms with E-state index in [1.54, 1.807) is 18.1 Å². The van der Waals surface area contributed by atoms with E-state index in [2.05, 4.69) is 24.3 Å². The molecule has 27 heavy (non-hydrogen) atoms. The van der Waals surface area contributed by atoms with Crippen molar-refractivity contribution in [2.24, 2.45) is 11.7 Å². The molecule has 154 valence electrons. The van der Waals surface area contributed by atoms with E-state index in [-0.39, 0.29) is 42.8 Å². The number of nitrogens with zero attached hydrogens (tertiary/aromatic N) is 3. The van der Waals surface area contributed by atoms with Crippen LogP contribution in [0.5, 0.6) is 0 Å². The molecule has 0 bridgehead atoms. The van der Waals surface area contributed by atoms with Crippen LogP contribution in [0.4, 0.5) is 0 Å². The summed E-state index contributed by atoms with van der Waals surface area (Å²) in [5.41, 5.74) is 6.54. The van der Waals surface area contributed by atoms with Crippen LogP contribution in [0.2, 0.25) is 0 Å². The Morgan fingerprint density at radius 1 is 1.33 bits per heavy atom. The zero-order valence-electron chi connectivity index (χ0n) is 16.7. The summed E-state index contributed by atoms with van der Waals surface area (Å²) in [6, 6.07) is 0.362. The van der Waals surface area contributed by atoms with Gasteiger partial charge >= 0.3 is 0 Å². The Labute approximate surface area is 168 Å². The lowest BCUT2D eigenvalue weighted by Gasteiger charge is -2.22. The second kappa shape index (κ2) is 11.3. The van der Waals surface area contributed by atoms with Gasteiger partial charge in [0.15, 0.2) is 0 Å². The van der Waals surface area contributed by atoms with Gasteiger partial charge in [0.2, 0.25) is 5.91 Å². The third-order valence-corrected chi connectivity index (χ3v) is 5.16. The van der Waals surface area contributed by atoms with E-state index in [0.29, 0.717) is 18.0 Å². The zero-order valence-corrected chi connectivity index (χ0v) is 17.5. The van der Waals surface area contributed by atoms with Crippen molar-refractivity contribution in [3.63, 3.8) is 0 Å². The number of carbonyl (C=O) groups is 2. The lowest BCUT2D eigenvalue weighted by Crippen LogP contribution is -2.38. The third-order valence-electron chi connectivity index (χ3n) is 5.16. The molecule has 8 heteroatoms. The van der Waals surface area contributed by atoms with Crippen molar-refractivity contribution in [1.82, 2.24) is 20.0 Å². The fraction of sp³-hybridized carbons (Fsp3) is 0.737. The van der Waals surface area contributed by atoms with Gasteiger partial charge in [-0.2, -0.15) is 5.10 Å². The molecule has 0 aromatic carbocycles. The molecule has 1 unspecified atom stereocenters. The molecule has 0 radical (unpaired) electrons. The molecule has 3 N–H and O–H groups in total. The Bertz CT molecular complexity index is 599. The van der Waals surface area contributed by atoms with Gasteiger partial charge in [-0.1, -0.05) is 33.1 Å². The quantitative estimate of drug-likeness (QED) is 0.700. The second-order valence-electron chi connectivity index (χ2n) is 7.75. The van der Waals surface area contributed by atoms with Crippen molar-refractivity contribution in [2.75, 3.05) is 13.6 Å². The minimum atomic E-state index is -0.0973. The molecule has 1 heterocycles. The molecular formula is C19H34ClN5O2. The van der Waals surface area contributed by atoms with Crippen molar-refractivity contribution >= 4 is 24.2 Å². The van der Waals surface area contributed by atoms with Crippen molar-refractivity contribution in [3.05, 3.63) is 18.0 Å². The van der Waals surface area contributed by atoms with Crippen molar-refractivity contribution in [1.29, 1.82) is 0 Å². The molecule has 1 aromatic heterocycles. The number of rotatable bonds is 8. The number of halogens is 1. The average molecular weight is 400 g/mol. The van der Waals surface area contributed by atoms with E-state index in [1.807, 2.05) is 0 Å². The van der Waals surface area contributed by atoms with Gasteiger partial charge in [-0.15, -0.1) is 12.4 Å². The SMILES string of the molecule is CC(C)C(N)CCN(C)C(=O)c1cnn(CC(=O)NC2CCCCC2)c1.Cl. The highest BCUT2D eigenvalue weighted by molar-refractivity contribution is 5.93. The maximum atomic E-state index is 12.5. The Morgan fingerprint density at radius 2 is 2.00 bits per heavy atom. The molecule has 0 aliphatic heterocycles. The molecule has 1 aliphatic rings. The number of amides is 2. The fourth-order valence-corrected chi connectivity index (χ4v) is 3.23. The molecule has 1 saturated carbocycles. The van der Waals surface area contributed by atoms with Crippen LogP contribution in [-0.4, -0.2) is 52.2 Å². The highest BCUT2D eigenvalue weighted by atomic mass is 35.5. The minimum absolute atomic E-state index is 0. The zero-order chi connectivity index (χ0) is 19.1. The first-order valence-corrected chi connectivity index (χ1v) is 9.69. The summed E-state index contributed by atoms with van der Waals surface area (Å²) in [5, 5.41) is 7.22. The Balaban J connectivity index is 0.00000364. The van der Waals surface area contributed by atoms with Crippen molar-refractivity contribution in [2.45, 2.75) is 71.0 Å². The third kappa shape index (κ3) is 7.50. The largest absolute Gasteiger partial charge is 0.352 e. The number of nitrogens with two attached hydrogens (primary N) is 1. The maximum Gasteiger partial charge on any atom is 0.256 e. The number of hydrogen-bond donors (Lipinski definition) is 2. The fourth-order valence-electron chi connectivity index (χ4n) is 3.23. The summed E-state index contributed by atoms with van der Waals surface area (Å²) in [6.45, 7) is 4.90. The summed E-state index contributed by atoms with van der Waals surface area (Å²) in [4.78, 5) is 26.3.